The number of nitrogens with zero attached hydrogens (tertiary/aromatic N) is 8. The zero-order chi connectivity index (χ0) is 64.4. The van der Waals surface area contributed by atoms with Gasteiger partial charge < -0.3 is 58.7 Å². The van der Waals surface area contributed by atoms with Crippen LogP contribution in [0.25, 0.3) is 22.4 Å². The molecular formula is C67H97N9O13. The van der Waals surface area contributed by atoms with Gasteiger partial charge in [0, 0.05) is 82.0 Å². The molecule has 89 heavy (non-hydrogen) atoms. The van der Waals surface area contributed by atoms with E-state index in [0.717, 1.165) is 11.4 Å². The van der Waals surface area contributed by atoms with Gasteiger partial charge in [0.2, 0.25) is 17.7 Å². The monoisotopic (exact) mass is 1240 g/mol. The number of carbonyl (C=O) groups is 5. The van der Waals surface area contributed by atoms with Crippen LogP contribution in [0.5, 0.6) is 0 Å². The summed E-state index contributed by atoms with van der Waals surface area (Å²) in [4.78, 5) is 100. The lowest BCUT2D eigenvalue weighted by Crippen LogP contribution is -2.61. The maximum absolute atomic E-state index is 14.8. The summed E-state index contributed by atoms with van der Waals surface area (Å²) in [6.45, 7) is 21.2. The molecule has 5 aliphatic rings. The molecular weight excluding hydrogens is 1140 g/mol. The fraction of sp³-hybridized carbons (Fsp3) is 0.672. The third-order valence-electron chi connectivity index (χ3n) is 19.0. The summed E-state index contributed by atoms with van der Waals surface area (Å²) in [5.41, 5.74) is 3.75. The van der Waals surface area contributed by atoms with Crippen LogP contribution in [-0.4, -0.2) is 180 Å². The van der Waals surface area contributed by atoms with Crippen molar-refractivity contribution >= 4 is 52.3 Å². The maximum Gasteiger partial charge on any atom is 0.329 e. The van der Waals surface area contributed by atoms with Gasteiger partial charge in [-0.05, 0) is 129 Å². The number of hydrogen-bond acceptors (Lipinski definition) is 20. The van der Waals surface area contributed by atoms with Crippen molar-refractivity contribution in [3.05, 3.63) is 65.8 Å². The third-order valence-corrected chi connectivity index (χ3v) is 19.0. The number of morpholine rings is 1. The molecule has 3 aromatic heterocycles. The molecule has 2 bridgehead atoms. The lowest BCUT2D eigenvalue weighted by Gasteiger charge is -2.43. The van der Waals surface area contributed by atoms with E-state index in [2.05, 4.69) is 28.6 Å². The smallest absolute Gasteiger partial charge is 0.329 e. The molecule has 4 aliphatic heterocycles. The summed E-state index contributed by atoms with van der Waals surface area (Å²) in [6.07, 6.45) is 14.2. The van der Waals surface area contributed by atoms with Crippen molar-refractivity contribution in [2.45, 2.75) is 207 Å². The molecule has 8 rings (SSSR count). The second-order valence-corrected chi connectivity index (χ2v) is 26.1. The Balaban J connectivity index is 1.11. The van der Waals surface area contributed by atoms with E-state index in [9.17, 15) is 39.3 Å². The Labute approximate surface area is 524 Å². The Hall–Kier alpha value is -6.14. The Morgan fingerprint density at radius 3 is 2.25 bits per heavy atom. The highest BCUT2D eigenvalue weighted by Gasteiger charge is 2.53. The van der Waals surface area contributed by atoms with Gasteiger partial charge in [-0.15, -0.1) is 0 Å². The number of piperidine rings is 1. The average Bonchev–Trinajstić information content (AvgIpc) is 2.04. The highest BCUT2D eigenvalue weighted by atomic mass is 16.6. The van der Waals surface area contributed by atoms with Crippen molar-refractivity contribution in [1.29, 1.82) is 0 Å². The first kappa shape index (κ1) is 68.8. The van der Waals surface area contributed by atoms with E-state index in [-0.39, 0.29) is 73.2 Å². The summed E-state index contributed by atoms with van der Waals surface area (Å²) in [7, 11) is 2.94. The first-order chi connectivity index (χ1) is 42.4. The van der Waals surface area contributed by atoms with Crippen LogP contribution in [0.15, 0.2) is 60.0 Å². The molecule has 1 amide bonds. The van der Waals surface area contributed by atoms with Crippen LogP contribution in [0.4, 0.5) is 11.9 Å². The average molecular weight is 1240 g/mol. The van der Waals surface area contributed by atoms with E-state index in [1.807, 2.05) is 65.0 Å². The first-order valence-electron chi connectivity index (χ1n) is 32.2. The van der Waals surface area contributed by atoms with Gasteiger partial charge in [0.1, 0.15) is 47.2 Å². The largest absolute Gasteiger partial charge is 0.460 e. The Morgan fingerprint density at radius 1 is 0.820 bits per heavy atom. The minimum Gasteiger partial charge on any atom is -0.460 e. The first-order valence-corrected chi connectivity index (χ1v) is 32.2. The molecule has 0 spiro atoms. The molecule has 22 heteroatoms. The van der Waals surface area contributed by atoms with Crippen LogP contribution in [0.3, 0.4) is 0 Å². The second kappa shape index (κ2) is 30.8. The van der Waals surface area contributed by atoms with Gasteiger partial charge >= 0.3 is 5.97 Å². The number of cyclic esters (lactones) is 1. The van der Waals surface area contributed by atoms with Crippen LogP contribution >= 0.6 is 0 Å². The summed E-state index contributed by atoms with van der Waals surface area (Å²) in [5.74, 6) is -6.89. The molecule has 1 aliphatic carbocycles. The third kappa shape index (κ3) is 16.5. The minimum atomic E-state index is -2.54. The number of amides is 1. The number of nitrogens with one attached hydrogen (secondary N) is 1. The van der Waals surface area contributed by atoms with Crippen molar-refractivity contribution < 1.29 is 63.0 Å². The van der Waals surface area contributed by atoms with Crippen molar-refractivity contribution in [3.63, 3.8) is 0 Å². The van der Waals surface area contributed by atoms with Crippen LogP contribution in [0.1, 0.15) is 151 Å². The van der Waals surface area contributed by atoms with E-state index in [0.29, 0.717) is 118 Å². The standard InChI is InChI=1S/C67H97N9O13/c1-38(2)76-46(10)70-57-56(72-66(73-62(57)76)74-26-28-87-29-27-74)48-36-68-65(69-37-48)71-50-34-49-23-21-45(9)67(84,89-49)61(81)63(82)75-25-17-16-20-51(75)64(83)88-54(42(6)32-47-22-24-52(77)55(33-47)85-11)35-53(78)41(5)31-44(8)59(80)60(86-12)58(79)43(7)30-39(3)18-14-13-15-19-40(50)4/h13-15,18-19,31,36-39,41-43,45,47,49-52,54-55,59-60,77,80,84H,16-17,20-30,32-35H2,1-12H3,(H,68,69,71)/b15-13+,18-14+,40-19-,44-31+/t39-,41-,42?,43-,45-,47-,49+,50+,51?,52-,54+,55-,59-,60+,67-/m1/s1. The molecule has 1 saturated carbocycles. The molecule has 4 fully saturated rings. The van der Waals surface area contributed by atoms with Crippen molar-refractivity contribution in [1.82, 2.24) is 34.4 Å². The van der Waals surface area contributed by atoms with Gasteiger partial charge in [0.15, 0.2) is 11.4 Å². The molecule has 7 heterocycles. The zero-order valence-electron chi connectivity index (χ0n) is 54.3. The number of aliphatic hydroxyl groups excluding tert-OH is 2. The van der Waals surface area contributed by atoms with Gasteiger partial charge in [-0.3, -0.25) is 19.2 Å². The number of rotatable bonds is 10. The maximum atomic E-state index is 14.8. The lowest BCUT2D eigenvalue weighted by atomic mass is 9.78. The van der Waals surface area contributed by atoms with Crippen molar-refractivity contribution in [2.75, 3.05) is 57.3 Å². The lowest BCUT2D eigenvalue weighted by molar-refractivity contribution is -0.263. The highest BCUT2D eigenvalue weighted by Crippen LogP contribution is 2.39. The van der Waals surface area contributed by atoms with Gasteiger partial charge in [0.25, 0.3) is 11.7 Å². The molecule has 2 unspecified atom stereocenters. The summed E-state index contributed by atoms with van der Waals surface area (Å²) in [5, 5.41) is 38.2. The van der Waals surface area contributed by atoms with Crippen LogP contribution in [-0.2, 0) is 47.7 Å². The van der Waals surface area contributed by atoms with Crippen LogP contribution < -0.4 is 10.2 Å². The number of Topliss-reactive ketones (excluding diaryl/α,β-unsaturated/α-hetero) is 3. The summed E-state index contributed by atoms with van der Waals surface area (Å²) < 4.78 is 31.8. The molecule has 3 aromatic rings. The number of aromatic nitrogens is 6. The number of hydrogen-bond donors (Lipinski definition) is 4. The number of imidazole rings is 1. The van der Waals surface area contributed by atoms with Gasteiger partial charge in [-0.2, -0.15) is 4.98 Å². The van der Waals surface area contributed by atoms with Gasteiger partial charge in [-0.25, -0.2) is 24.7 Å². The molecule has 3 saturated heterocycles. The number of ether oxygens (including phenoxy) is 5. The Bertz CT molecular complexity index is 3080. The fourth-order valence-corrected chi connectivity index (χ4v) is 13.5. The molecule has 0 radical (unpaired) electrons. The highest BCUT2D eigenvalue weighted by molar-refractivity contribution is 6.39. The Morgan fingerprint density at radius 2 is 1.55 bits per heavy atom. The number of aryl methyl sites for hydroxylation is 1. The number of carbonyl (C=O) groups excluding carboxylic acids is 5. The van der Waals surface area contributed by atoms with E-state index < -0.39 is 83.8 Å². The molecule has 15 atom stereocenters. The SMILES string of the molecule is CO[C@@H]1C[C@@H](CC(C)[C@@H]2CC(=O)[C@H](C)/C=C(\C)[C@@H](O)[C@@H](OC)C(=O)[C@H](C)C[C@H](C)/C=C/C=C/C=C(/C)[C@@H](Nc3ncc(-c4nc(N5CCOCC5)nc5c4nc(C)n5C(C)C)cn3)C[C@@H]3CC[C@@H](C)[C@@](O)(O3)C(=O)C(=O)N3CCCCC3C(=O)O2)CC[C@H]1O. The number of anilines is 2. The molecule has 0 aromatic carbocycles. The number of fused-ring (bicyclic) bond motifs is 4. The predicted octanol–water partition coefficient (Wildman–Crippen LogP) is 7.97. The van der Waals surface area contributed by atoms with E-state index in [4.69, 9.17) is 48.6 Å². The summed E-state index contributed by atoms with van der Waals surface area (Å²) >= 11 is 0. The molecule has 488 valence electrons. The van der Waals surface area contributed by atoms with E-state index in [1.54, 1.807) is 46.4 Å². The van der Waals surface area contributed by atoms with Crippen LogP contribution in [0, 0.1) is 42.4 Å². The van der Waals surface area contributed by atoms with E-state index >= 15 is 0 Å². The van der Waals surface area contributed by atoms with Crippen molar-refractivity contribution in [3.8, 4) is 11.3 Å². The normalized spacial score (nSPS) is 33.8. The number of aliphatic hydroxyl groups is 3. The second-order valence-electron chi connectivity index (χ2n) is 26.1. The van der Waals surface area contributed by atoms with Crippen LogP contribution in [0.2, 0.25) is 0 Å². The number of methoxy groups -OCH3 is 2. The van der Waals surface area contributed by atoms with E-state index in [1.165, 1.54) is 12.0 Å². The Kier molecular flexibility index (Phi) is 23.8. The zero-order valence-corrected chi connectivity index (χ0v) is 54.3. The number of allylic oxidation sites excluding steroid dienone is 6. The fourth-order valence-electron chi connectivity index (χ4n) is 13.5. The topological polar surface area (TPSA) is 280 Å². The molecule has 4 N–H and O–H groups in total. The van der Waals surface area contributed by atoms with Gasteiger partial charge in [-0.1, -0.05) is 76.6 Å². The number of esters is 1. The summed E-state index contributed by atoms with van der Waals surface area (Å²) in [6, 6.07) is -1.65. The van der Waals surface area contributed by atoms with Gasteiger partial charge in [0.05, 0.1) is 37.6 Å². The quantitative estimate of drug-likeness (QED) is 0.0850. The molecule has 22 nitrogen and oxygen atoms in total. The minimum absolute atomic E-state index is 0.0434. The number of ketones is 3. The van der Waals surface area contributed by atoms with Crippen molar-refractivity contribution in [2.24, 2.45) is 35.5 Å². The predicted molar refractivity (Wildman–Crippen MR) is 336 cm³/mol.